The second-order valence-corrected chi connectivity index (χ2v) is 2.87. The van der Waals surface area contributed by atoms with Gasteiger partial charge in [0.15, 0.2) is 0 Å². The summed E-state index contributed by atoms with van der Waals surface area (Å²) in [5.41, 5.74) is 0.978. The first-order valence-electron chi connectivity index (χ1n) is 4.53. The van der Waals surface area contributed by atoms with Gasteiger partial charge in [-0.1, -0.05) is 24.9 Å². The average Bonchev–Trinajstić information content (AvgIpc) is 2.57. The van der Waals surface area contributed by atoms with Crippen molar-refractivity contribution in [2.45, 2.75) is 32.7 Å². The molecule has 0 aliphatic carbocycles. The third kappa shape index (κ3) is 3.53. The van der Waals surface area contributed by atoms with Gasteiger partial charge in [-0.25, -0.2) is 0 Å². The van der Waals surface area contributed by atoms with E-state index in [1.165, 1.54) is 19.3 Å². The molecule has 0 aliphatic heterocycles. The minimum absolute atomic E-state index is 0.820. The predicted octanol–water partition coefficient (Wildman–Crippen LogP) is 1.95. The van der Waals surface area contributed by atoms with Crippen molar-refractivity contribution in [1.82, 2.24) is 10.5 Å². The molecule has 3 nitrogen and oxygen atoms in total. The van der Waals surface area contributed by atoms with Crippen molar-refractivity contribution in [1.29, 1.82) is 0 Å². The van der Waals surface area contributed by atoms with Crippen molar-refractivity contribution in [2.24, 2.45) is 0 Å². The van der Waals surface area contributed by atoms with E-state index in [2.05, 4.69) is 17.4 Å². The lowest BCUT2D eigenvalue weighted by Crippen LogP contribution is -2.14. The van der Waals surface area contributed by atoms with E-state index in [0.717, 1.165) is 18.8 Å². The topological polar surface area (TPSA) is 38.1 Å². The Morgan fingerprint density at radius 3 is 3.08 bits per heavy atom. The highest BCUT2D eigenvalue weighted by Crippen LogP contribution is 1.94. The molecule has 68 valence electrons. The standard InChI is InChI=1S/C9H16N2O/c1-2-3-4-6-10-8-9-5-7-12-11-9/h5,7,10H,2-4,6,8H2,1H3. The highest BCUT2D eigenvalue weighted by atomic mass is 16.5. The number of aromatic nitrogens is 1. The Morgan fingerprint density at radius 2 is 2.42 bits per heavy atom. The summed E-state index contributed by atoms with van der Waals surface area (Å²) >= 11 is 0. The van der Waals surface area contributed by atoms with Crippen LogP contribution in [0.25, 0.3) is 0 Å². The van der Waals surface area contributed by atoms with Gasteiger partial charge in [-0.05, 0) is 13.0 Å². The molecule has 0 aromatic carbocycles. The molecular formula is C9H16N2O. The van der Waals surface area contributed by atoms with Crippen LogP contribution in [0.3, 0.4) is 0 Å². The van der Waals surface area contributed by atoms with Gasteiger partial charge in [0.05, 0.1) is 5.69 Å². The Kier molecular flexibility index (Phi) is 4.46. The smallest absolute Gasteiger partial charge is 0.124 e. The van der Waals surface area contributed by atoms with Crippen molar-refractivity contribution < 1.29 is 4.52 Å². The highest BCUT2D eigenvalue weighted by molar-refractivity contribution is 4.93. The summed E-state index contributed by atoms with van der Waals surface area (Å²) in [4.78, 5) is 0. The molecule has 1 aromatic heterocycles. The van der Waals surface area contributed by atoms with Gasteiger partial charge in [-0.3, -0.25) is 0 Å². The molecule has 0 fully saturated rings. The number of nitrogens with one attached hydrogen (secondary N) is 1. The maximum atomic E-state index is 4.70. The molecule has 0 amide bonds. The van der Waals surface area contributed by atoms with Gasteiger partial charge in [-0.15, -0.1) is 0 Å². The van der Waals surface area contributed by atoms with Crippen molar-refractivity contribution in [3.8, 4) is 0 Å². The summed E-state index contributed by atoms with van der Waals surface area (Å²) in [7, 11) is 0. The van der Waals surface area contributed by atoms with Gasteiger partial charge in [0, 0.05) is 12.6 Å². The van der Waals surface area contributed by atoms with E-state index in [1.54, 1.807) is 6.26 Å². The van der Waals surface area contributed by atoms with Gasteiger partial charge in [0.2, 0.25) is 0 Å². The van der Waals surface area contributed by atoms with E-state index in [-0.39, 0.29) is 0 Å². The molecule has 0 atom stereocenters. The molecule has 1 heterocycles. The van der Waals surface area contributed by atoms with E-state index in [0.29, 0.717) is 0 Å². The first-order chi connectivity index (χ1) is 5.93. The van der Waals surface area contributed by atoms with E-state index in [4.69, 9.17) is 4.52 Å². The van der Waals surface area contributed by atoms with Crippen molar-refractivity contribution >= 4 is 0 Å². The number of hydrogen-bond donors (Lipinski definition) is 1. The molecule has 0 aliphatic rings. The van der Waals surface area contributed by atoms with Crippen LogP contribution in [-0.2, 0) is 6.54 Å². The van der Waals surface area contributed by atoms with Crippen LogP contribution in [0.4, 0.5) is 0 Å². The van der Waals surface area contributed by atoms with Crippen molar-refractivity contribution in [2.75, 3.05) is 6.54 Å². The molecule has 0 bridgehead atoms. The predicted molar refractivity (Wildman–Crippen MR) is 47.7 cm³/mol. The molecule has 1 rings (SSSR count). The van der Waals surface area contributed by atoms with Crippen LogP contribution in [0.15, 0.2) is 16.9 Å². The highest BCUT2D eigenvalue weighted by Gasteiger charge is 1.93. The lowest BCUT2D eigenvalue weighted by Gasteiger charge is -1.99. The molecule has 0 spiro atoms. The Labute approximate surface area is 73.1 Å². The van der Waals surface area contributed by atoms with E-state index in [9.17, 15) is 0 Å². The normalized spacial score (nSPS) is 10.4. The largest absolute Gasteiger partial charge is 0.364 e. The summed E-state index contributed by atoms with van der Waals surface area (Å²) in [5, 5.41) is 7.10. The fourth-order valence-corrected chi connectivity index (χ4v) is 1.05. The molecule has 0 saturated carbocycles. The molecule has 12 heavy (non-hydrogen) atoms. The molecule has 0 radical (unpaired) electrons. The number of nitrogens with zero attached hydrogens (tertiary/aromatic N) is 1. The van der Waals surface area contributed by atoms with Crippen molar-refractivity contribution in [3.05, 3.63) is 18.0 Å². The maximum Gasteiger partial charge on any atom is 0.124 e. The fourth-order valence-electron chi connectivity index (χ4n) is 1.05. The number of unbranched alkanes of at least 4 members (excludes halogenated alkanes) is 2. The molecule has 0 saturated heterocycles. The summed E-state index contributed by atoms with van der Waals surface area (Å²) < 4.78 is 4.70. The molecule has 0 unspecified atom stereocenters. The minimum atomic E-state index is 0.820. The van der Waals surface area contributed by atoms with E-state index >= 15 is 0 Å². The maximum absolute atomic E-state index is 4.70. The van der Waals surface area contributed by atoms with Crippen LogP contribution < -0.4 is 5.32 Å². The summed E-state index contributed by atoms with van der Waals surface area (Å²) in [6.45, 7) is 4.10. The third-order valence-electron chi connectivity index (χ3n) is 1.75. The van der Waals surface area contributed by atoms with Crippen LogP contribution in [0.1, 0.15) is 31.9 Å². The first-order valence-corrected chi connectivity index (χ1v) is 4.53. The SMILES string of the molecule is CCCCCNCc1ccon1. The van der Waals surface area contributed by atoms with Crippen molar-refractivity contribution in [3.63, 3.8) is 0 Å². The van der Waals surface area contributed by atoms with Crippen LogP contribution >= 0.6 is 0 Å². The monoisotopic (exact) mass is 168 g/mol. The molecular weight excluding hydrogens is 152 g/mol. The molecule has 3 heteroatoms. The van der Waals surface area contributed by atoms with Crippen LogP contribution in [0.2, 0.25) is 0 Å². The summed E-state index contributed by atoms with van der Waals surface area (Å²) in [6.07, 6.45) is 5.41. The van der Waals surface area contributed by atoms with Gasteiger partial charge >= 0.3 is 0 Å². The summed E-state index contributed by atoms with van der Waals surface area (Å²) in [6, 6.07) is 1.88. The van der Waals surface area contributed by atoms with Gasteiger partial charge in [-0.2, -0.15) is 0 Å². The minimum Gasteiger partial charge on any atom is -0.364 e. The quantitative estimate of drug-likeness (QED) is 0.660. The van der Waals surface area contributed by atoms with Crippen LogP contribution in [0, 0.1) is 0 Å². The average molecular weight is 168 g/mol. The second-order valence-electron chi connectivity index (χ2n) is 2.87. The van der Waals surface area contributed by atoms with Gasteiger partial charge in [0.25, 0.3) is 0 Å². The Hall–Kier alpha value is -0.830. The van der Waals surface area contributed by atoms with Gasteiger partial charge in [0.1, 0.15) is 6.26 Å². The second kappa shape index (κ2) is 5.77. The number of hydrogen-bond acceptors (Lipinski definition) is 3. The van der Waals surface area contributed by atoms with Crippen LogP contribution in [0.5, 0.6) is 0 Å². The Balaban J connectivity index is 1.96. The lowest BCUT2D eigenvalue weighted by molar-refractivity contribution is 0.408. The third-order valence-corrected chi connectivity index (χ3v) is 1.75. The fraction of sp³-hybridized carbons (Fsp3) is 0.667. The zero-order valence-corrected chi connectivity index (χ0v) is 7.55. The van der Waals surface area contributed by atoms with E-state index in [1.807, 2.05) is 6.07 Å². The molecule has 1 aromatic rings. The van der Waals surface area contributed by atoms with Crippen LogP contribution in [-0.4, -0.2) is 11.7 Å². The lowest BCUT2D eigenvalue weighted by atomic mass is 10.2. The zero-order valence-electron chi connectivity index (χ0n) is 7.55. The number of rotatable bonds is 6. The zero-order chi connectivity index (χ0) is 8.65. The first kappa shape index (κ1) is 9.26. The summed E-state index contributed by atoms with van der Waals surface area (Å²) in [5.74, 6) is 0. The van der Waals surface area contributed by atoms with Gasteiger partial charge < -0.3 is 9.84 Å². The molecule has 1 N–H and O–H groups in total. The Morgan fingerprint density at radius 1 is 1.50 bits per heavy atom. The Bertz CT molecular complexity index is 184. The van der Waals surface area contributed by atoms with E-state index < -0.39 is 0 Å².